The molecule has 0 radical (unpaired) electrons. The molecule has 0 aliphatic carbocycles. The van der Waals surface area contributed by atoms with Crippen LogP contribution >= 0.6 is 0 Å². The van der Waals surface area contributed by atoms with E-state index >= 15 is 0 Å². The van der Waals surface area contributed by atoms with Crippen molar-refractivity contribution in [2.24, 2.45) is 17.8 Å². The van der Waals surface area contributed by atoms with E-state index in [4.69, 9.17) is 43.4 Å². The van der Waals surface area contributed by atoms with Crippen LogP contribution < -0.4 is 0 Å². The minimum atomic E-state index is -0.863. The third kappa shape index (κ3) is 11.2. The highest BCUT2D eigenvalue weighted by molar-refractivity contribution is 4.83. The van der Waals surface area contributed by atoms with Crippen molar-refractivity contribution >= 4 is 0 Å². The summed E-state index contributed by atoms with van der Waals surface area (Å²) in [7, 11) is 0. The van der Waals surface area contributed by atoms with Crippen LogP contribution in [-0.4, -0.2) is 135 Å². The van der Waals surface area contributed by atoms with Crippen molar-refractivity contribution < 1.29 is 68.2 Å². The Hall–Kier alpha value is -0.980. The first kappa shape index (κ1) is 35.5. The molecular weight excluding hydrogens is 560 g/mol. The molecule has 246 valence electrons. The lowest BCUT2D eigenvalue weighted by Crippen LogP contribution is -2.34. The summed E-state index contributed by atoms with van der Waals surface area (Å²) < 4.78 is 44.8. The van der Waals surface area contributed by atoms with Gasteiger partial charge in [0, 0.05) is 24.2 Å². The fourth-order valence-corrected chi connectivity index (χ4v) is 5.15. The zero-order valence-electron chi connectivity index (χ0n) is 24.6. The first-order valence-corrected chi connectivity index (χ1v) is 15.0. The maximum absolute atomic E-state index is 9.19. The zero-order valence-corrected chi connectivity index (χ0v) is 24.6. The summed E-state index contributed by atoms with van der Waals surface area (Å²) in [5.41, 5.74) is 0. The average Bonchev–Trinajstić information content (AvgIpc) is 3.85. The minimum absolute atomic E-state index is 0.0567. The Kier molecular flexibility index (Phi) is 16.4. The van der Waals surface area contributed by atoms with E-state index in [1.54, 1.807) is 6.26 Å². The molecule has 0 spiro atoms. The molecule has 7 saturated heterocycles. The second kappa shape index (κ2) is 19.4. The van der Waals surface area contributed by atoms with Gasteiger partial charge in [-0.3, -0.25) is 0 Å². The Morgan fingerprint density at radius 1 is 0.476 bits per heavy atom. The van der Waals surface area contributed by atoms with Crippen molar-refractivity contribution in [2.75, 3.05) is 59.5 Å². The highest BCUT2D eigenvalue weighted by Gasteiger charge is 2.42. The Labute approximate surface area is 247 Å². The number of rotatable bonds is 0. The Bertz CT molecular complexity index is 653. The van der Waals surface area contributed by atoms with Crippen molar-refractivity contribution in [1.29, 1.82) is 0 Å². The predicted molar refractivity (Wildman–Crippen MR) is 144 cm³/mol. The van der Waals surface area contributed by atoms with Gasteiger partial charge in [-0.05, 0) is 25.3 Å². The van der Waals surface area contributed by atoms with Gasteiger partial charge < -0.3 is 68.2 Å². The molecule has 3 unspecified atom stereocenters. The Morgan fingerprint density at radius 2 is 0.857 bits per heavy atom. The molecule has 8 heterocycles. The van der Waals surface area contributed by atoms with Crippen LogP contribution in [0.15, 0.2) is 12.3 Å². The molecule has 0 aromatic carbocycles. The van der Waals surface area contributed by atoms with E-state index in [0.717, 1.165) is 52.1 Å². The second-order valence-corrected chi connectivity index (χ2v) is 10.4. The molecule has 8 aliphatic rings. The minimum Gasteiger partial charge on any atom is -0.501 e. The fourth-order valence-electron chi connectivity index (χ4n) is 5.15. The maximum Gasteiger partial charge on any atom is 0.178 e. The van der Waals surface area contributed by atoms with Crippen LogP contribution in [0.2, 0.25) is 0 Å². The lowest BCUT2D eigenvalue weighted by Gasteiger charge is -2.22. The van der Waals surface area contributed by atoms with Gasteiger partial charge in [-0.2, -0.15) is 0 Å². The van der Waals surface area contributed by atoms with Gasteiger partial charge in [0.05, 0.1) is 70.8 Å². The van der Waals surface area contributed by atoms with Crippen LogP contribution in [-0.2, 0) is 42.6 Å². The molecule has 0 bridgehead atoms. The fraction of sp³-hybridized carbons (Fsp3) is 0.929. The first-order valence-electron chi connectivity index (χ1n) is 15.0. The van der Waals surface area contributed by atoms with Crippen LogP contribution in [0.3, 0.4) is 0 Å². The summed E-state index contributed by atoms with van der Waals surface area (Å²) in [6.07, 6.45) is 4.84. The first-order chi connectivity index (χ1) is 20.4. The van der Waals surface area contributed by atoms with Gasteiger partial charge in [-0.25, -0.2) is 0 Å². The van der Waals surface area contributed by atoms with Crippen LogP contribution in [0, 0.1) is 17.8 Å². The normalized spacial score (nSPS) is 41.9. The van der Waals surface area contributed by atoms with Crippen molar-refractivity contribution in [1.82, 2.24) is 0 Å². The molecule has 11 atom stereocenters. The number of fused-ring (bicyclic) bond motifs is 3. The van der Waals surface area contributed by atoms with E-state index in [9.17, 15) is 15.3 Å². The summed E-state index contributed by atoms with van der Waals surface area (Å²) in [6.45, 7) is 8.59. The lowest BCUT2D eigenvalue weighted by atomic mass is 10.0. The van der Waals surface area contributed by atoms with Crippen molar-refractivity contribution in [3.63, 3.8) is 0 Å². The van der Waals surface area contributed by atoms with E-state index in [-0.39, 0.29) is 68.1 Å². The van der Waals surface area contributed by atoms with Crippen LogP contribution in [0.4, 0.5) is 0 Å². The molecule has 14 nitrogen and oxygen atoms in total. The molecule has 0 aromatic rings. The number of hydrogen-bond donors (Lipinski definition) is 5. The van der Waals surface area contributed by atoms with Gasteiger partial charge in [0.2, 0.25) is 0 Å². The van der Waals surface area contributed by atoms with Gasteiger partial charge in [0.1, 0.15) is 13.2 Å². The standard InChI is InChI=1S/3C6H10O3.C4H8O4.C4H6O.C2H6/c3*7-5-3-9-6-4(5)1-2-8-6;5-3-1-7-4(6)2-8-3;1-2-4-5-3-1;1-2/h3*4-7H,1-3H2;3-6H,1-2H2;1,3H,2,4H2;1-2H3/t4-,5?,6+;2*4-,5-,6+;;;/m000.../s1. The molecule has 0 saturated carbocycles. The molecule has 0 amide bonds. The predicted octanol–water partition coefficient (Wildman–Crippen LogP) is -0.163. The van der Waals surface area contributed by atoms with Gasteiger partial charge in [-0.15, -0.1) is 0 Å². The molecule has 8 rings (SSSR count). The smallest absolute Gasteiger partial charge is 0.178 e. The molecule has 7 fully saturated rings. The lowest BCUT2D eigenvalue weighted by molar-refractivity contribution is -0.263. The van der Waals surface area contributed by atoms with Gasteiger partial charge in [0.25, 0.3) is 0 Å². The van der Waals surface area contributed by atoms with Crippen molar-refractivity contribution in [3.8, 4) is 0 Å². The second-order valence-electron chi connectivity index (χ2n) is 10.4. The molecule has 0 aromatic heterocycles. The quantitative estimate of drug-likeness (QED) is 0.244. The monoisotopic (exact) mass is 610 g/mol. The third-order valence-electron chi connectivity index (χ3n) is 7.48. The highest BCUT2D eigenvalue weighted by Crippen LogP contribution is 2.32. The Morgan fingerprint density at radius 3 is 1.10 bits per heavy atom. The number of aliphatic hydroxyl groups is 5. The number of aliphatic hydroxyl groups excluding tert-OH is 5. The largest absolute Gasteiger partial charge is 0.501 e. The average molecular weight is 611 g/mol. The molecule has 14 heteroatoms. The highest BCUT2D eigenvalue weighted by atomic mass is 16.7. The molecular formula is C28H50O14. The van der Waals surface area contributed by atoms with Gasteiger partial charge in [0.15, 0.2) is 31.5 Å². The van der Waals surface area contributed by atoms with Crippen LogP contribution in [0.25, 0.3) is 0 Å². The van der Waals surface area contributed by atoms with E-state index in [1.165, 1.54) is 0 Å². The third-order valence-corrected chi connectivity index (χ3v) is 7.48. The van der Waals surface area contributed by atoms with E-state index in [2.05, 4.69) is 9.47 Å². The molecule has 5 N–H and O–H groups in total. The van der Waals surface area contributed by atoms with Crippen LogP contribution in [0.5, 0.6) is 0 Å². The molecule has 42 heavy (non-hydrogen) atoms. The number of hydrogen-bond acceptors (Lipinski definition) is 14. The summed E-state index contributed by atoms with van der Waals surface area (Å²) in [5, 5.41) is 44.7. The van der Waals surface area contributed by atoms with Gasteiger partial charge >= 0.3 is 0 Å². The summed E-state index contributed by atoms with van der Waals surface area (Å²) in [5.74, 6) is 0.764. The summed E-state index contributed by atoms with van der Waals surface area (Å²) >= 11 is 0. The Balaban J connectivity index is 0.000000143. The summed E-state index contributed by atoms with van der Waals surface area (Å²) in [4.78, 5) is 0. The maximum atomic E-state index is 9.19. The SMILES string of the molecule is C1=COCC1.CC.OC1COC(O)CO1.OC1CO[C@H]2OCC[C@@H]12.O[C@H]1CO[C@H]2OCC[C@H]21.O[C@H]1CO[C@H]2OCC[C@H]21. The molecule has 8 aliphatic heterocycles. The van der Waals surface area contributed by atoms with Crippen molar-refractivity contribution in [2.45, 2.75) is 89.3 Å². The van der Waals surface area contributed by atoms with E-state index < -0.39 is 12.6 Å². The van der Waals surface area contributed by atoms with Gasteiger partial charge in [-0.1, -0.05) is 13.8 Å². The van der Waals surface area contributed by atoms with Crippen LogP contribution in [0.1, 0.15) is 39.5 Å². The summed E-state index contributed by atoms with van der Waals surface area (Å²) in [6, 6.07) is 0. The van der Waals surface area contributed by atoms with E-state index in [0.29, 0.717) is 19.8 Å². The topological polar surface area (TPSA) is 184 Å². The van der Waals surface area contributed by atoms with Crippen molar-refractivity contribution in [3.05, 3.63) is 12.3 Å². The van der Waals surface area contributed by atoms with E-state index in [1.807, 2.05) is 19.9 Å². The number of ether oxygens (including phenoxy) is 9. The zero-order chi connectivity index (χ0) is 30.3.